The first-order chi connectivity index (χ1) is 9.76. The lowest BCUT2D eigenvalue weighted by atomic mass is 10.3. The molecule has 2 aromatic heterocycles. The number of hydrogen-bond donors (Lipinski definition) is 1. The molecule has 0 aliphatic rings. The summed E-state index contributed by atoms with van der Waals surface area (Å²) in [5.41, 5.74) is 0.529. The minimum absolute atomic E-state index is 0.0951. The van der Waals surface area contributed by atoms with Crippen LogP contribution >= 0.6 is 11.6 Å². The van der Waals surface area contributed by atoms with Crippen LogP contribution in [-0.4, -0.2) is 26.8 Å². The molecule has 3 aromatic rings. The third-order valence-corrected chi connectivity index (χ3v) is 2.75. The van der Waals surface area contributed by atoms with E-state index in [0.717, 1.165) is 5.75 Å². The van der Waals surface area contributed by atoms with E-state index >= 15 is 0 Å². The second-order valence-electron chi connectivity index (χ2n) is 3.94. The van der Waals surface area contributed by atoms with E-state index in [4.69, 9.17) is 21.1 Å². The van der Waals surface area contributed by atoms with Crippen LogP contribution in [0.25, 0.3) is 11.0 Å². The van der Waals surface area contributed by atoms with Crippen molar-refractivity contribution >= 4 is 22.6 Å². The molecule has 0 spiro atoms. The van der Waals surface area contributed by atoms with Gasteiger partial charge in [0.05, 0.1) is 12.8 Å². The quantitative estimate of drug-likeness (QED) is 0.747. The van der Waals surface area contributed by atoms with Gasteiger partial charge >= 0.3 is 0 Å². The molecule has 1 N–H and O–H groups in total. The molecule has 3 rings (SSSR count). The summed E-state index contributed by atoms with van der Waals surface area (Å²) < 4.78 is 11.2. The Morgan fingerprint density at radius 3 is 2.95 bits per heavy atom. The maximum atomic E-state index is 5.85. The van der Waals surface area contributed by atoms with Gasteiger partial charge in [0.25, 0.3) is 0 Å². The van der Waals surface area contributed by atoms with Crippen LogP contribution in [0, 0.1) is 0 Å². The standard InChI is InChI=1S/C13H11ClN4O2/c1-2-19-8-4-3-5-9(6-8)20-12-10-7-15-18-11(10)16-13(14)17-12/h3-7H,2H2,1H3,(H,15,16,17,18). The number of ether oxygens (including phenoxy) is 2. The molecule has 0 bridgehead atoms. The zero-order chi connectivity index (χ0) is 13.9. The molecule has 0 aliphatic carbocycles. The molecule has 7 heteroatoms. The lowest BCUT2D eigenvalue weighted by molar-refractivity contribution is 0.338. The Kier molecular flexibility index (Phi) is 3.39. The topological polar surface area (TPSA) is 72.9 Å². The minimum Gasteiger partial charge on any atom is -0.494 e. The predicted octanol–water partition coefficient (Wildman–Crippen LogP) is 3.20. The molecular weight excluding hydrogens is 280 g/mol. The second kappa shape index (κ2) is 5.34. The average Bonchev–Trinajstić information content (AvgIpc) is 2.87. The van der Waals surface area contributed by atoms with Gasteiger partial charge < -0.3 is 9.47 Å². The van der Waals surface area contributed by atoms with Gasteiger partial charge in [-0.3, -0.25) is 5.10 Å². The third-order valence-electron chi connectivity index (χ3n) is 2.58. The van der Waals surface area contributed by atoms with Gasteiger partial charge in [-0.25, -0.2) is 0 Å². The average molecular weight is 291 g/mol. The Morgan fingerprint density at radius 2 is 2.10 bits per heavy atom. The lowest BCUT2D eigenvalue weighted by Gasteiger charge is -2.08. The lowest BCUT2D eigenvalue weighted by Crippen LogP contribution is -1.94. The molecule has 0 saturated heterocycles. The number of aromatic nitrogens is 4. The summed E-state index contributed by atoms with van der Waals surface area (Å²) in [6, 6.07) is 7.29. The smallest absolute Gasteiger partial charge is 0.234 e. The van der Waals surface area contributed by atoms with E-state index in [9.17, 15) is 0 Å². The van der Waals surface area contributed by atoms with Crippen molar-refractivity contribution in [3.8, 4) is 17.4 Å². The van der Waals surface area contributed by atoms with Gasteiger partial charge in [0.1, 0.15) is 16.9 Å². The van der Waals surface area contributed by atoms with E-state index in [2.05, 4.69) is 20.2 Å². The van der Waals surface area contributed by atoms with Crippen molar-refractivity contribution in [1.29, 1.82) is 0 Å². The van der Waals surface area contributed by atoms with Gasteiger partial charge in [0.2, 0.25) is 11.2 Å². The fourth-order valence-corrected chi connectivity index (χ4v) is 1.93. The Labute approximate surface area is 119 Å². The second-order valence-corrected chi connectivity index (χ2v) is 4.28. The van der Waals surface area contributed by atoms with Crippen LogP contribution in [0.2, 0.25) is 5.28 Å². The molecule has 0 saturated carbocycles. The molecule has 1 aromatic carbocycles. The molecule has 0 radical (unpaired) electrons. The highest BCUT2D eigenvalue weighted by Gasteiger charge is 2.11. The predicted molar refractivity (Wildman–Crippen MR) is 74.4 cm³/mol. The SMILES string of the molecule is CCOc1cccc(Oc2nc(Cl)nc3[nH]ncc23)c1. The van der Waals surface area contributed by atoms with E-state index < -0.39 is 0 Å². The Balaban J connectivity index is 1.96. The van der Waals surface area contributed by atoms with E-state index in [1.54, 1.807) is 12.3 Å². The fraction of sp³-hybridized carbons (Fsp3) is 0.154. The van der Waals surface area contributed by atoms with E-state index in [0.29, 0.717) is 29.3 Å². The van der Waals surface area contributed by atoms with Crippen molar-refractivity contribution in [2.24, 2.45) is 0 Å². The number of rotatable bonds is 4. The van der Waals surface area contributed by atoms with Gasteiger partial charge in [-0.1, -0.05) is 6.07 Å². The minimum atomic E-state index is 0.0951. The normalized spacial score (nSPS) is 10.7. The van der Waals surface area contributed by atoms with Gasteiger partial charge in [-0.15, -0.1) is 0 Å². The Morgan fingerprint density at radius 1 is 1.25 bits per heavy atom. The maximum absolute atomic E-state index is 5.85. The van der Waals surface area contributed by atoms with Crippen LogP contribution in [0.5, 0.6) is 17.4 Å². The summed E-state index contributed by atoms with van der Waals surface area (Å²) >= 11 is 5.85. The number of aromatic amines is 1. The van der Waals surface area contributed by atoms with Crippen LogP contribution < -0.4 is 9.47 Å². The Hall–Kier alpha value is -2.34. The first-order valence-electron chi connectivity index (χ1n) is 6.03. The van der Waals surface area contributed by atoms with Gasteiger partial charge in [-0.2, -0.15) is 15.1 Å². The third kappa shape index (κ3) is 2.50. The molecule has 0 atom stereocenters. The zero-order valence-corrected chi connectivity index (χ0v) is 11.4. The van der Waals surface area contributed by atoms with Crippen LogP contribution in [-0.2, 0) is 0 Å². The summed E-state index contributed by atoms with van der Waals surface area (Å²) in [5, 5.41) is 7.39. The molecule has 0 amide bonds. The highest BCUT2D eigenvalue weighted by atomic mass is 35.5. The summed E-state index contributed by atoms with van der Waals surface area (Å²) in [6.45, 7) is 2.52. The van der Waals surface area contributed by atoms with Crippen molar-refractivity contribution in [2.75, 3.05) is 6.61 Å². The number of benzene rings is 1. The molecule has 0 fully saturated rings. The first kappa shape index (κ1) is 12.7. The van der Waals surface area contributed by atoms with Crippen molar-refractivity contribution < 1.29 is 9.47 Å². The summed E-state index contributed by atoms with van der Waals surface area (Å²) in [4.78, 5) is 8.09. The zero-order valence-electron chi connectivity index (χ0n) is 10.6. The van der Waals surface area contributed by atoms with E-state index in [1.807, 2.05) is 25.1 Å². The van der Waals surface area contributed by atoms with Gasteiger partial charge in [0, 0.05) is 6.07 Å². The van der Waals surface area contributed by atoms with E-state index in [1.165, 1.54) is 0 Å². The fourth-order valence-electron chi connectivity index (χ4n) is 1.77. The summed E-state index contributed by atoms with van der Waals surface area (Å²) in [5.74, 6) is 1.68. The molecule has 20 heavy (non-hydrogen) atoms. The number of H-pyrrole nitrogens is 1. The summed E-state index contributed by atoms with van der Waals surface area (Å²) in [7, 11) is 0. The van der Waals surface area contributed by atoms with Crippen LogP contribution in [0.4, 0.5) is 0 Å². The molecule has 102 valence electrons. The molecule has 2 heterocycles. The number of hydrogen-bond acceptors (Lipinski definition) is 5. The molecule has 0 aliphatic heterocycles. The molecule has 0 unspecified atom stereocenters. The largest absolute Gasteiger partial charge is 0.494 e. The highest BCUT2D eigenvalue weighted by molar-refractivity contribution is 6.28. The monoisotopic (exact) mass is 290 g/mol. The van der Waals surface area contributed by atoms with Gasteiger partial charge in [-0.05, 0) is 30.7 Å². The maximum Gasteiger partial charge on any atom is 0.234 e. The molecular formula is C13H11ClN4O2. The number of nitrogens with zero attached hydrogens (tertiary/aromatic N) is 3. The highest BCUT2D eigenvalue weighted by Crippen LogP contribution is 2.29. The number of nitrogens with one attached hydrogen (secondary N) is 1. The number of halogens is 1. The van der Waals surface area contributed by atoms with Crippen molar-refractivity contribution in [1.82, 2.24) is 20.2 Å². The van der Waals surface area contributed by atoms with Crippen LogP contribution in [0.15, 0.2) is 30.5 Å². The number of fused-ring (bicyclic) bond motifs is 1. The van der Waals surface area contributed by atoms with Gasteiger partial charge in [0.15, 0.2) is 5.65 Å². The molecule has 6 nitrogen and oxygen atoms in total. The van der Waals surface area contributed by atoms with E-state index in [-0.39, 0.29) is 5.28 Å². The van der Waals surface area contributed by atoms with Crippen LogP contribution in [0.1, 0.15) is 6.92 Å². The Bertz CT molecular complexity index is 744. The summed E-state index contributed by atoms with van der Waals surface area (Å²) in [6.07, 6.45) is 1.59. The van der Waals surface area contributed by atoms with Crippen LogP contribution in [0.3, 0.4) is 0 Å². The first-order valence-corrected chi connectivity index (χ1v) is 6.41. The van der Waals surface area contributed by atoms with Crippen molar-refractivity contribution in [3.63, 3.8) is 0 Å². The van der Waals surface area contributed by atoms with Crippen molar-refractivity contribution in [2.45, 2.75) is 6.92 Å². The van der Waals surface area contributed by atoms with Crippen molar-refractivity contribution in [3.05, 3.63) is 35.7 Å².